The number of esters is 2. The summed E-state index contributed by atoms with van der Waals surface area (Å²) in [6, 6.07) is -1.55. The maximum Gasteiger partial charge on any atom is 0.472 e. The lowest BCUT2D eigenvalue weighted by molar-refractivity contribution is -0.161. The average Bonchev–Trinajstić information content (AvgIpc) is 3.21. The Kier molecular flexibility index (Phi) is 37.8. The molecule has 0 aliphatic carbocycles. The third kappa shape index (κ3) is 39.8. The van der Waals surface area contributed by atoms with Gasteiger partial charge < -0.3 is 30.3 Å². The summed E-state index contributed by atoms with van der Waals surface area (Å²) in [5.74, 6) is -2.52. The third-order valence-corrected chi connectivity index (χ3v) is 9.68. The number of carboxylic acids is 1. The second kappa shape index (κ2) is 40.0. The molecule has 0 rings (SSSR count). The van der Waals surface area contributed by atoms with Gasteiger partial charge in [0.15, 0.2) is 6.10 Å². The normalized spacial score (nSPS) is 15.1. The van der Waals surface area contributed by atoms with Crippen molar-refractivity contribution in [3.8, 4) is 0 Å². The fourth-order valence-corrected chi connectivity index (χ4v) is 6.07. The number of ether oxygens (including phenoxy) is 2. The largest absolute Gasteiger partial charge is 0.480 e. The second-order valence-electron chi connectivity index (χ2n) is 14.3. The van der Waals surface area contributed by atoms with Gasteiger partial charge in [-0.25, -0.2) is 4.57 Å². The van der Waals surface area contributed by atoms with Crippen molar-refractivity contribution in [1.82, 2.24) is 0 Å². The zero-order valence-electron chi connectivity index (χ0n) is 35.9. The van der Waals surface area contributed by atoms with Gasteiger partial charge in [0.25, 0.3) is 0 Å². The molecular weight excluding hydrogens is 773 g/mol. The number of allylic oxidation sites excluding steroid dienone is 13. The van der Waals surface area contributed by atoms with Crippen molar-refractivity contribution in [2.75, 3.05) is 19.8 Å². The van der Waals surface area contributed by atoms with Crippen LogP contribution < -0.4 is 5.73 Å². The topological polar surface area (TPSA) is 192 Å². The molecule has 13 heteroatoms. The highest BCUT2D eigenvalue weighted by molar-refractivity contribution is 7.47. The SMILES string of the molecule is CC/C=C/C/C=C/C=C/C(O)CCCCCCCC(=O)O[C@H](COC(=O)CCCCC/C=C\C/C=C\C/C=C\C/C=C\CCCCC)COP(=O)(O)OC[C@H](N)C(=O)O. The maximum absolute atomic E-state index is 12.6. The highest BCUT2D eigenvalue weighted by atomic mass is 31.2. The van der Waals surface area contributed by atoms with Crippen LogP contribution in [-0.4, -0.2) is 71.1 Å². The van der Waals surface area contributed by atoms with E-state index in [1.165, 1.54) is 25.7 Å². The quantitative estimate of drug-likeness (QED) is 0.0151. The minimum absolute atomic E-state index is 0.0791. The molecule has 12 nitrogen and oxygen atoms in total. The number of aliphatic hydroxyl groups is 1. The molecule has 336 valence electrons. The van der Waals surface area contributed by atoms with Gasteiger partial charge in [0.1, 0.15) is 12.6 Å². The first-order chi connectivity index (χ1) is 28.5. The van der Waals surface area contributed by atoms with E-state index in [0.29, 0.717) is 19.3 Å². The van der Waals surface area contributed by atoms with E-state index in [1.54, 1.807) is 6.08 Å². The lowest BCUT2D eigenvalue weighted by Crippen LogP contribution is -2.34. The van der Waals surface area contributed by atoms with Gasteiger partial charge in [-0.15, -0.1) is 0 Å². The van der Waals surface area contributed by atoms with Crippen LogP contribution in [0.3, 0.4) is 0 Å². The molecule has 0 saturated heterocycles. The minimum atomic E-state index is -4.76. The van der Waals surface area contributed by atoms with Gasteiger partial charge in [0.2, 0.25) is 0 Å². The molecule has 0 aliphatic heterocycles. The van der Waals surface area contributed by atoms with Crippen LogP contribution in [-0.2, 0) is 37.5 Å². The number of carboxylic acid groups (broad SMARTS) is 1. The Morgan fingerprint density at radius 2 is 1.15 bits per heavy atom. The van der Waals surface area contributed by atoms with Gasteiger partial charge in [-0.1, -0.05) is 144 Å². The van der Waals surface area contributed by atoms with Crippen LogP contribution in [0.25, 0.3) is 0 Å². The Bertz CT molecular complexity index is 1340. The Labute approximate surface area is 355 Å². The number of hydrogen-bond acceptors (Lipinski definition) is 10. The first-order valence-electron chi connectivity index (χ1n) is 21.7. The molecule has 59 heavy (non-hydrogen) atoms. The van der Waals surface area contributed by atoms with Gasteiger partial charge in [0, 0.05) is 12.8 Å². The molecule has 0 aromatic carbocycles. The molecule has 0 saturated carbocycles. The maximum atomic E-state index is 12.6. The van der Waals surface area contributed by atoms with Crippen molar-refractivity contribution in [3.63, 3.8) is 0 Å². The lowest BCUT2D eigenvalue weighted by Gasteiger charge is -2.20. The van der Waals surface area contributed by atoms with E-state index < -0.39 is 63.8 Å². The molecule has 5 N–H and O–H groups in total. The minimum Gasteiger partial charge on any atom is -0.480 e. The van der Waals surface area contributed by atoms with E-state index >= 15 is 0 Å². The molecule has 0 aromatic rings. The molecular formula is C46H76NO11P. The monoisotopic (exact) mass is 850 g/mol. The van der Waals surface area contributed by atoms with E-state index in [2.05, 4.69) is 79.1 Å². The van der Waals surface area contributed by atoms with E-state index in [1.807, 2.05) is 18.2 Å². The molecule has 0 aromatic heterocycles. The fourth-order valence-electron chi connectivity index (χ4n) is 5.29. The van der Waals surface area contributed by atoms with E-state index in [0.717, 1.165) is 77.0 Å². The van der Waals surface area contributed by atoms with E-state index in [4.69, 9.17) is 24.8 Å². The molecule has 0 heterocycles. The number of hydrogen-bond donors (Lipinski definition) is 4. The molecule has 0 fully saturated rings. The molecule has 0 spiro atoms. The summed E-state index contributed by atoms with van der Waals surface area (Å²) >= 11 is 0. The van der Waals surface area contributed by atoms with Crippen LogP contribution in [0.15, 0.2) is 85.1 Å². The van der Waals surface area contributed by atoms with Crippen LogP contribution in [0.5, 0.6) is 0 Å². The summed E-state index contributed by atoms with van der Waals surface area (Å²) in [5, 5.41) is 19.0. The second-order valence-corrected chi connectivity index (χ2v) is 15.7. The number of aliphatic hydroxyl groups excluding tert-OH is 1. The van der Waals surface area contributed by atoms with Crippen molar-refractivity contribution in [2.45, 2.75) is 167 Å². The first-order valence-corrected chi connectivity index (χ1v) is 23.2. The van der Waals surface area contributed by atoms with Crippen molar-refractivity contribution < 1.29 is 52.6 Å². The summed E-state index contributed by atoms with van der Waals surface area (Å²) < 4.78 is 32.6. The zero-order valence-corrected chi connectivity index (χ0v) is 36.8. The van der Waals surface area contributed by atoms with Gasteiger partial charge in [-0.3, -0.25) is 23.4 Å². The number of phosphoric ester groups is 1. The Hall–Kier alpha value is -3.38. The number of phosphoric acid groups is 1. The predicted molar refractivity (Wildman–Crippen MR) is 236 cm³/mol. The molecule has 4 atom stereocenters. The summed E-state index contributed by atoms with van der Waals surface area (Å²) in [6.45, 7) is 2.49. The zero-order chi connectivity index (χ0) is 43.7. The number of carbonyl (C=O) groups excluding carboxylic acids is 2. The van der Waals surface area contributed by atoms with Crippen LogP contribution in [0.1, 0.15) is 149 Å². The molecule has 2 unspecified atom stereocenters. The number of nitrogens with two attached hydrogens (primary N) is 1. The summed E-state index contributed by atoms with van der Waals surface area (Å²) in [7, 11) is -4.76. The van der Waals surface area contributed by atoms with Crippen molar-refractivity contribution >= 4 is 25.7 Å². The highest BCUT2D eigenvalue weighted by Gasteiger charge is 2.28. The summed E-state index contributed by atoms with van der Waals surface area (Å²) in [5.41, 5.74) is 5.32. The number of carbonyl (C=O) groups is 3. The van der Waals surface area contributed by atoms with Gasteiger partial charge in [-0.2, -0.15) is 0 Å². The average molecular weight is 850 g/mol. The number of unbranched alkanes of at least 4 members (excludes halogenated alkanes) is 10. The van der Waals surface area contributed by atoms with Crippen molar-refractivity contribution in [1.29, 1.82) is 0 Å². The number of aliphatic carboxylic acids is 1. The van der Waals surface area contributed by atoms with E-state index in [-0.39, 0.29) is 12.8 Å². The smallest absolute Gasteiger partial charge is 0.472 e. The van der Waals surface area contributed by atoms with Crippen molar-refractivity contribution in [3.05, 3.63) is 85.1 Å². The van der Waals surface area contributed by atoms with Crippen LogP contribution in [0, 0.1) is 0 Å². The summed E-state index contributed by atoms with van der Waals surface area (Å²) in [4.78, 5) is 46.0. The fraction of sp³-hybridized carbons (Fsp3) is 0.630. The Balaban J connectivity index is 4.52. The van der Waals surface area contributed by atoms with Gasteiger partial charge in [0.05, 0.1) is 19.3 Å². The lowest BCUT2D eigenvalue weighted by atomic mass is 10.1. The predicted octanol–water partition coefficient (Wildman–Crippen LogP) is 10.5. The summed E-state index contributed by atoms with van der Waals surface area (Å²) in [6.07, 6.45) is 45.2. The highest BCUT2D eigenvalue weighted by Crippen LogP contribution is 2.43. The Morgan fingerprint density at radius 1 is 0.627 bits per heavy atom. The molecule has 0 bridgehead atoms. The van der Waals surface area contributed by atoms with Crippen LogP contribution in [0.2, 0.25) is 0 Å². The van der Waals surface area contributed by atoms with Crippen LogP contribution in [0.4, 0.5) is 0 Å². The first kappa shape index (κ1) is 55.6. The van der Waals surface area contributed by atoms with E-state index in [9.17, 15) is 28.9 Å². The molecule has 0 amide bonds. The third-order valence-electron chi connectivity index (χ3n) is 8.73. The van der Waals surface area contributed by atoms with Gasteiger partial charge in [-0.05, 0) is 77.0 Å². The standard InChI is InChI=1S/C46H76NO11P/c1-3-5-7-9-11-12-13-14-15-16-17-18-19-20-21-22-24-28-32-36-44(49)55-38-42(39-56-59(53,54)57-40-43(47)46(51)52)58-45(50)37-33-29-25-27-31-35-41(48)34-30-26-23-10-8-6-4-2/h6,8,11-12,14-15,17-18,20-21,23,26,30,34,41-43,48H,3-5,7,9-10,13,16,19,22,24-25,27-29,31-33,35-40,47H2,1-2H3,(H,51,52)(H,53,54)/b8-6+,12-11-,15-14-,18-17-,21-20-,26-23+,34-30+/t41?,42-,43+/m1/s1. The van der Waals surface area contributed by atoms with Crippen molar-refractivity contribution in [2.24, 2.45) is 5.73 Å². The molecule has 0 aliphatic rings. The van der Waals surface area contributed by atoms with Crippen LogP contribution >= 0.6 is 7.82 Å². The van der Waals surface area contributed by atoms with Gasteiger partial charge >= 0.3 is 25.7 Å². The Morgan fingerprint density at radius 3 is 1.78 bits per heavy atom. The molecule has 0 radical (unpaired) electrons. The number of rotatable bonds is 39.